The fourth-order valence-electron chi connectivity index (χ4n) is 2.53. The number of aliphatic carboxylic acids is 1. The first-order valence-corrected chi connectivity index (χ1v) is 6.81. The Morgan fingerprint density at radius 1 is 1.38 bits per heavy atom. The molecule has 2 aliphatic rings. The third-order valence-corrected chi connectivity index (χ3v) is 4.81. The standard InChI is InChI=1S/C11H17NO3S/c1-7-4-5-12(9(7)11(14)15)10(13)8-3-2-6-16-8/h7-9H,2-6H2,1H3,(H,14,15). The first-order chi connectivity index (χ1) is 7.61. The molecule has 0 aromatic carbocycles. The number of likely N-dealkylation sites (tertiary alicyclic amines) is 1. The van der Waals surface area contributed by atoms with Crippen molar-refractivity contribution in [1.82, 2.24) is 4.90 Å². The van der Waals surface area contributed by atoms with Gasteiger partial charge in [0.2, 0.25) is 5.91 Å². The minimum absolute atomic E-state index is 0.00662. The fourth-order valence-corrected chi connectivity index (χ4v) is 3.76. The van der Waals surface area contributed by atoms with Crippen LogP contribution in [0, 0.1) is 5.92 Å². The summed E-state index contributed by atoms with van der Waals surface area (Å²) in [5.41, 5.74) is 0. The molecule has 5 heteroatoms. The van der Waals surface area contributed by atoms with E-state index in [0.717, 1.165) is 25.0 Å². The highest BCUT2D eigenvalue weighted by atomic mass is 32.2. The molecule has 0 saturated carbocycles. The molecule has 1 N–H and O–H groups in total. The van der Waals surface area contributed by atoms with Gasteiger partial charge in [0.15, 0.2) is 0 Å². The summed E-state index contributed by atoms with van der Waals surface area (Å²) in [6.45, 7) is 2.52. The second-order valence-corrected chi connectivity index (χ2v) is 5.89. The van der Waals surface area contributed by atoms with Crippen LogP contribution >= 0.6 is 11.8 Å². The summed E-state index contributed by atoms with van der Waals surface area (Å²) >= 11 is 1.67. The van der Waals surface area contributed by atoms with Crippen LogP contribution in [-0.2, 0) is 9.59 Å². The molecule has 1 amide bonds. The summed E-state index contributed by atoms with van der Waals surface area (Å²) in [5.74, 6) is 0.283. The van der Waals surface area contributed by atoms with Gasteiger partial charge in [0.1, 0.15) is 6.04 Å². The highest BCUT2D eigenvalue weighted by Crippen LogP contribution is 2.32. The molecule has 2 rings (SSSR count). The second kappa shape index (κ2) is 4.65. The van der Waals surface area contributed by atoms with Crippen molar-refractivity contribution in [1.29, 1.82) is 0 Å². The molecule has 0 bridgehead atoms. The van der Waals surface area contributed by atoms with Crippen molar-refractivity contribution in [3.63, 3.8) is 0 Å². The second-order valence-electron chi connectivity index (χ2n) is 4.58. The van der Waals surface area contributed by atoms with E-state index in [1.165, 1.54) is 0 Å². The highest BCUT2D eigenvalue weighted by Gasteiger charge is 2.42. The van der Waals surface area contributed by atoms with Crippen LogP contribution in [0.2, 0.25) is 0 Å². The quantitative estimate of drug-likeness (QED) is 0.792. The van der Waals surface area contributed by atoms with Crippen molar-refractivity contribution < 1.29 is 14.7 Å². The van der Waals surface area contributed by atoms with Crippen molar-refractivity contribution in [2.24, 2.45) is 5.92 Å². The first kappa shape index (κ1) is 11.8. The van der Waals surface area contributed by atoms with Gasteiger partial charge >= 0.3 is 5.97 Å². The zero-order valence-corrected chi connectivity index (χ0v) is 10.2. The predicted octanol–water partition coefficient (Wildman–Crippen LogP) is 1.20. The van der Waals surface area contributed by atoms with Gasteiger partial charge in [0, 0.05) is 6.54 Å². The molecule has 0 spiro atoms. The maximum absolute atomic E-state index is 12.1. The third-order valence-electron chi connectivity index (χ3n) is 3.44. The van der Waals surface area contributed by atoms with Gasteiger partial charge in [-0.3, -0.25) is 4.79 Å². The Labute approximate surface area is 99.4 Å². The van der Waals surface area contributed by atoms with Gasteiger partial charge in [-0.05, 0) is 30.9 Å². The van der Waals surface area contributed by atoms with Gasteiger partial charge < -0.3 is 10.0 Å². The van der Waals surface area contributed by atoms with Crippen LogP contribution in [0.5, 0.6) is 0 Å². The molecule has 3 unspecified atom stereocenters. The number of carbonyl (C=O) groups is 2. The normalized spacial score (nSPS) is 34.3. The van der Waals surface area contributed by atoms with Gasteiger partial charge in [-0.15, -0.1) is 11.8 Å². The molecule has 2 heterocycles. The Morgan fingerprint density at radius 2 is 2.12 bits per heavy atom. The third kappa shape index (κ3) is 2.05. The average Bonchev–Trinajstić information content (AvgIpc) is 2.84. The average molecular weight is 243 g/mol. The van der Waals surface area contributed by atoms with Crippen molar-refractivity contribution in [2.75, 3.05) is 12.3 Å². The number of carboxylic acids is 1. The van der Waals surface area contributed by atoms with E-state index in [4.69, 9.17) is 5.11 Å². The topological polar surface area (TPSA) is 57.6 Å². The van der Waals surface area contributed by atoms with E-state index < -0.39 is 12.0 Å². The fraction of sp³-hybridized carbons (Fsp3) is 0.818. The van der Waals surface area contributed by atoms with E-state index in [0.29, 0.717) is 6.54 Å². The lowest BCUT2D eigenvalue weighted by molar-refractivity contribution is -0.149. The Balaban J connectivity index is 2.07. The van der Waals surface area contributed by atoms with E-state index in [1.807, 2.05) is 6.92 Å². The van der Waals surface area contributed by atoms with E-state index in [2.05, 4.69) is 0 Å². The number of carbonyl (C=O) groups excluding carboxylic acids is 1. The van der Waals surface area contributed by atoms with Crippen LogP contribution in [0.15, 0.2) is 0 Å². The van der Waals surface area contributed by atoms with Crippen LogP contribution in [0.3, 0.4) is 0 Å². The Hall–Kier alpha value is -0.710. The SMILES string of the molecule is CC1CCN(C(=O)C2CCCS2)C1C(=O)O. The van der Waals surface area contributed by atoms with E-state index in [9.17, 15) is 9.59 Å². The maximum atomic E-state index is 12.1. The van der Waals surface area contributed by atoms with E-state index in [1.54, 1.807) is 16.7 Å². The smallest absolute Gasteiger partial charge is 0.326 e. The lowest BCUT2D eigenvalue weighted by atomic mass is 10.0. The summed E-state index contributed by atoms with van der Waals surface area (Å²) in [6, 6.07) is -0.603. The lowest BCUT2D eigenvalue weighted by Gasteiger charge is -2.25. The number of amides is 1. The molecule has 2 saturated heterocycles. The zero-order chi connectivity index (χ0) is 11.7. The Bertz CT molecular complexity index is 302. The van der Waals surface area contributed by atoms with Crippen LogP contribution in [0.1, 0.15) is 26.2 Å². The molecule has 3 atom stereocenters. The Morgan fingerprint density at radius 3 is 2.69 bits per heavy atom. The molecule has 0 radical (unpaired) electrons. The molecule has 0 aromatic rings. The highest BCUT2D eigenvalue weighted by molar-refractivity contribution is 8.00. The van der Waals surface area contributed by atoms with Crippen LogP contribution in [-0.4, -0.2) is 45.5 Å². The largest absolute Gasteiger partial charge is 0.480 e. The van der Waals surface area contributed by atoms with Crippen molar-refractivity contribution in [3.8, 4) is 0 Å². The molecule has 4 nitrogen and oxygen atoms in total. The van der Waals surface area contributed by atoms with E-state index >= 15 is 0 Å². The lowest BCUT2D eigenvalue weighted by Crippen LogP contribution is -2.45. The number of thioether (sulfide) groups is 1. The van der Waals surface area contributed by atoms with Crippen molar-refractivity contribution in [2.45, 2.75) is 37.5 Å². The maximum Gasteiger partial charge on any atom is 0.326 e. The molecular weight excluding hydrogens is 226 g/mol. The Kier molecular flexibility index (Phi) is 3.42. The zero-order valence-electron chi connectivity index (χ0n) is 9.39. The molecule has 0 aliphatic carbocycles. The molecule has 16 heavy (non-hydrogen) atoms. The molecule has 90 valence electrons. The predicted molar refractivity (Wildman–Crippen MR) is 62.4 cm³/mol. The molecular formula is C11H17NO3S. The summed E-state index contributed by atoms with van der Waals surface area (Å²) in [6.07, 6.45) is 2.78. The van der Waals surface area contributed by atoms with Crippen LogP contribution in [0.25, 0.3) is 0 Å². The first-order valence-electron chi connectivity index (χ1n) is 5.76. The summed E-state index contributed by atoms with van der Waals surface area (Å²) in [5, 5.41) is 9.15. The van der Waals surface area contributed by atoms with Gasteiger partial charge in [-0.1, -0.05) is 6.92 Å². The number of hydrogen-bond acceptors (Lipinski definition) is 3. The van der Waals surface area contributed by atoms with Crippen molar-refractivity contribution >= 4 is 23.6 Å². The monoisotopic (exact) mass is 243 g/mol. The van der Waals surface area contributed by atoms with Crippen LogP contribution < -0.4 is 0 Å². The van der Waals surface area contributed by atoms with Gasteiger partial charge in [0.05, 0.1) is 5.25 Å². The summed E-state index contributed by atoms with van der Waals surface area (Å²) in [4.78, 5) is 24.9. The van der Waals surface area contributed by atoms with Crippen LogP contribution in [0.4, 0.5) is 0 Å². The summed E-state index contributed by atoms with van der Waals surface area (Å²) < 4.78 is 0. The summed E-state index contributed by atoms with van der Waals surface area (Å²) in [7, 11) is 0. The molecule has 2 fully saturated rings. The van der Waals surface area contributed by atoms with Crippen molar-refractivity contribution in [3.05, 3.63) is 0 Å². The number of hydrogen-bond donors (Lipinski definition) is 1. The van der Waals surface area contributed by atoms with Gasteiger partial charge in [-0.2, -0.15) is 0 Å². The minimum Gasteiger partial charge on any atom is -0.480 e. The number of nitrogens with zero attached hydrogens (tertiary/aromatic N) is 1. The number of rotatable bonds is 2. The molecule has 0 aromatic heterocycles. The van der Waals surface area contributed by atoms with Gasteiger partial charge in [0.25, 0.3) is 0 Å². The van der Waals surface area contributed by atoms with E-state index in [-0.39, 0.29) is 17.1 Å². The molecule has 2 aliphatic heterocycles. The number of carboxylic acid groups (broad SMARTS) is 1. The van der Waals surface area contributed by atoms with Gasteiger partial charge in [-0.25, -0.2) is 4.79 Å². The minimum atomic E-state index is -0.860.